The Morgan fingerprint density at radius 1 is 1.06 bits per heavy atom. The van der Waals surface area contributed by atoms with Gasteiger partial charge in [0, 0.05) is 11.9 Å². The second-order valence-electron chi connectivity index (χ2n) is 3.43. The molecule has 1 nitrogen and oxygen atoms in total. The van der Waals surface area contributed by atoms with E-state index in [1.807, 2.05) is 78.1 Å². The lowest BCUT2D eigenvalue weighted by atomic mass is 10.3. The summed E-state index contributed by atoms with van der Waals surface area (Å²) in [5.74, 6) is 0. The van der Waals surface area contributed by atoms with Gasteiger partial charge in [-0.25, -0.2) is 0 Å². The summed E-state index contributed by atoms with van der Waals surface area (Å²) in [7, 11) is 0. The largest absolute Gasteiger partial charge is 0.266 e. The van der Waals surface area contributed by atoms with Gasteiger partial charge in [-0.15, -0.1) is 0 Å². The standard InChI is InChI=1S/C8H12.C7H13N.C2H6/c1-4-5-6-7-8(2)3;1-4-6-8-7(3)5-2;1-2/h4-7H,2H2,1,3H3;4,6H,5H2,1-3H3;1-2H3/b5-4-,7-6-;6-4-,8-7?;. The van der Waals surface area contributed by atoms with Gasteiger partial charge in [-0.3, -0.25) is 4.99 Å². The van der Waals surface area contributed by atoms with Gasteiger partial charge in [-0.2, -0.15) is 0 Å². The van der Waals surface area contributed by atoms with Crippen LogP contribution in [-0.4, -0.2) is 5.71 Å². The lowest BCUT2D eigenvalue weighted by Crippen LogP contribution is -1.83. The fourth-order valence-electron chi connectivity index (χ4n) is 0.624. The van der Waals surface area contributed by atoms with E-state index in [9.17, 15) is 0 Å². The Morgan fingerprint density at radius 3 is 1.94 bits per heavy atom. The maximum atomic E-state index is 4.10. The van der Waals surface area contributed by atoms with Crippen LogP contribution < -0.4 is 0 Å². The summed E-state index contributed by atoms with van der Waals surface area (Å²) < 4.78 is 0. The van der Waals surface area contributed by atoms with Crippen LogP contribution in [0.2, 0.25) is 0 Å². The van der Waals surface area contributed by atoms with E-state index in [1.54, 1.807) is 0 Å². The van der Waals surface area contributed by atoms with E-state index in [4.69, 9.17) is 0 Å². The number of aliphatic imine (C=N–C) groups is 1. The highest BCUT2D eigenvalue weighted by Crippen LogP contribution is 1.88. The first kappa shape index (κ1) is 21.9. The Balaban J connectivity index is -0.000000219. The topological polar surface area (TPSA) is 12.4 Å². The molecular formula is C17H31N. The van der Waals surface area contributed by atoms with Crippen LogP contribution in [0.15, 0.2) is 53.7 Å². The molecule has 0 radical (unpaired) electrons. The summed E-state index contributed by atoms with van der Waals surface area (Å²) in [6.07, 6.45) is 12.7. The molecule has 0 heterocycles. The highest BCUT2D eigenvalue weighted by molar-refractivity contribution is 5.82. The van der Waals surface area contributed by atoms with Crippen LogP contribution in [0.1, 0.15) is 54.9 Å². The number of hydrogen-bond donors (Lipinski definition) is 0. The summed E-state index contributed by atoms with van der Waals surface area (Å²) in [6.45, 7) is 17.8. The third kappa shape index (κ3) is 29.3. The van der Waals surface area contributed by atoms with Crippen LogP contribution in [0, 0.1) is 0 Å². The Kier molecular flexibility index (Phi) is 25.5. The Labute approximate surface area is 115 Å². The minimum atomic E-state index is 1.05. The highest BCUT2D eigenvalue weighted by atomic mass is 14.7. The molecule has 0 aromatic rings. The fourth-order valence-corrected chi connectivity index (χ4v) is 0.624. The molecule has 0 saturated carbocycles. The molecule has 0 N–H and O–H groups in total. The lowest BCUT2D eigenvalue weighted by molar-refractivity contribution is 1.25. The van der Waals surface area contributed by atoms with Crippen LogP contribution in [0.3, 0.4) is 0 Å². The van der Waals surface area contributed by atoms with Crippen LogP contribution in [0.25, 0.3) is 0 Å². The minimum absolute atomic E-state index is 1.05. The second kappa shape index (κ2) is 21.0. The zero-order chi connectivity index (χ0) is 14.8. The molecule has 0 aromatic carbocycles. The Bertz CT molecular complexity index is 278. The zero-order valence-corrected chi connectivity index (χ0v) is 13.3. The van der Waals surface area contributed by atoms with E-state index in [1.165, 1.54) is 5.71 Å². The van der Waals surface area contributed by atoms with Crippen molar-refractivity contribution in [2.45, 2.75) is 54.9 Å². The summed E-state index contributed by atoms with van der Waals surface area (Å²) >= 11 is 0. The molecule has 0 aliphatic heterocycles. The highest BCUT2D eigenvalue weighted by Gasteiger charge is 1.77. The van der Waals surface area contributed by atoms with E-state index in [0.717, 1.165) is 12.0 Å². The lowest BCUT2D eigenvalue weighted by Gasteiger charge is -1.86. The van der Waals surface area contributed by atoms with Gasteiger partial charge in [0.05, 0.1) is 0 Å². The summed E-state index contributed by atoms with van der Waals surface area (Å²) in [6, 6.07) is 0. The third-order valence-corrected chi connectivity index (χ3v) is 1.64. The first-order valence-electron chi connectivity index (χ1n) is 6.67. The van der Waals surface area contributed by atoms with Gasteiger partial charge >= 0.3 is 0 Å². The second-order valence-corrected chi connectivity index (χ2v) is 3.43. The van der Waals surface area contributed by atoms with Crippen molar-refractivity contribution in [1.29, 1.82) is 0 Å². The first-order valence-corrected chi connectivity index (χ1v) is 6.67. The summed E-state index contributed by atoms with van der Waals surface area (Å²) in [4.78, 5) is 4.10. The monoisotopic (exact) mass is 249 g/mol. The van der Waals surface area contributed by atoms with Gasteiger partial charge in [-0.1, -0.05) is 63.3 Å². The first-order chi connectivity index (χ1) is 8.58. The molecule has 0 aliphatic carbocycles. The van der Waals surface area contributed by atoms with Gasteiger partial charge in [0.25, 0.3) is 0 Å². The smallest absolute Gasteiger partial charge is 0.0224 e. The number of rotatable bonds is 4. The van der Waals surface area contributed by atoms with Gasteiger partial charge in [0.15, 0.2) is 0 Å². The number of nitrogens with zero attached hydrogens (tertiary/aromatic N) is 1. The van der Waals surface area contributed by atoms with Gasteiger partial charge < -0.3 is 0 Å². The molecule has 0 atom stereocenters. The van der Waals surface area contributed by atoms with Crippen LogP contribution >= 0.6 is 0 Å². The van der Waals surface area contributed by atoms with E-state index in [0.29, 0.717) is 0 Å². The number of hydrogen-bond acceptors (Lipinski definition) is 1. The molecule has 0 aromatic heterocycles. The molecule has 1 heteroatoms. The molecule has 18 heavy (non-hydrogen) atoms. The Morgan fingerprint density at radius 2 is 1.61 bits per heavy atom. The van der Waals surface area contributed by atoms with Crippen molar-refractivity contribution < 1.29 is 0 Å². The summed E-state index contributed by atoms with van der Waals surface area (Å²) in [5.41, 5.74) is 2.27. The van der Waals surface area contributed by atoms with Gasteiger partial charge in [-0.05, 0) is 34.1 Å². The average molecular weight is 249 g/mol. The van der Waals surface area contributed by atoms with Crippen LogP contribution in [0.5, 0.6) is 0 Å². The molecule has 0 unspecified atom stereocenters. The molecule has 0 aliphatic rings. The van der Waals surface area contributed by atoms with E-state index in [2.05, 4.69) is 18.5 Å². The maximum absolute atomic E-state index is 4.10. The van der Waals surface area contributed by atoms with Crippen LogP contribution in [-0.2, 0) is 0 Å². The van der Waals surface area contributed by atoms with Crippen molar-refractivity contribution in [2.75, 3.05) is 0 Å². The predicted octanol–water partition coefficient (Wildman–Crippen LogP) is 6.11. The quantitative estimate of drug-likeness (QED) is 0.421. The van der Waals surface area contributed by atoms with Crippen molar-refractivity contribution in [3.63, 3.8) is 0 Å². The summed E-state index contributed by atoms with van der Waals surface area (Å²) in [5, 5.41) is 0. The molecule has 0 fully saturated rings. The third-order valence-electron chi connectivity index (χ3n) is 1.64. The van der Waals surface area contributed by atoms with E-state index in [-0.39, 0.29) is 0 Å². The molecule has 104 valence electrons. The minimum Gasteiger partial charge on any atom is -0.266 e. The van der Waals surface area contributed by atoms with Crippen molar-refractivity contribution >= 4 is 5.71 Å². The molecule has 0 saturated heterocycles. The average Bonchev–Trinajstić information content (AvgIpc) is 2.39. The molecule has 0 bridgehead atoms. The fraction of sp³-hybridized carbons (Fsp3) is 0.471. The van der Waals surface area contributed by atoms with Crippen molar-refractivity contribution in [3.8, 4) is 0 Å². The van der Waals surface area contributed by atoms with Crippen molar-refractivity contribution in [2.24, 2.45) is 4.99 Å². The zero-order valence-electron chi connectivity index (χ0n) is 13.3. The molecule has 0 rings (SSSR count). The Hall–Kier alpha value is -1.37. The van der Waals surface area contributed by atoms with Crippen LogP contribution in [0.4, 0.5) is 0 Å². The van der Waals surface area contributed by atoms with Gasteiger partial charge in [0.2, 0.25) is 0 Å². The van der Waals surface area contributed by atoms with Crippen molar-refractivity contribution in [3.05, 3.63) is 48.7 Å². The van der Waals surface area contributed by atoms with Crippen molar-refractivity contribution in [1.82, 2.24) is 0 Å². The molecular weight excluding hydrogens is 218 g/mol. The maximum Gasteiger partial charge on any atom is 0.0224 e. The number of allylic oxidation sites excluding steroid dienone is 6. The predicted molar refractivity (Wildman–Crippen MR) is 88.3 cm³/mol. The molecule has 0 spiro atoms. The van der Waals surface area contributed by atoms with E-state index < -0.39 is 0 Å². The van der Waals surface area contributed by atoms with E-state index >= 15 is 0 Å². The SMILES string of the molecule is C/C=C\N=C(C)CC.C=C(C)/C=C\C=C/C.CC. The normalized spacial score (nSPS) is 11.2. The van der Waals surface area contributed by atoms with Gasteiger partial charge in [0.1, 0.15) is 0 Å². The molecule has 0 amide bonds.